The van der Waals surface area contributed by atoms with Crippen molar-refractivity contribution in [2.45, 2.75) is 57.7 Å². The first kappa shape index (κ1) is 13.4. The molecule has 1 aromatic rings. The van der Waals surface area contributed by atoms with E-state index in [1.807, 2.05) is 18.2 Å². The number of rotatable bonds is 0. The van der Waals surface area contributed by atoms with E-state index in [1.165, 1.54) is 12.8 Å². The van der Waals surface area contributed by atoms with Crippen molar-refractivity contribution in [3.8, 4) is 5.75 Å². The van der Waals surface area contributed by atoms with Gasteiger partial charge in [0.25, 0.3) is 0 Å². The van der Waals surface area contributed by atoms with E-state index in [-0.39, 0.29) is 5.60 Å². The molecular formula is C16H21BrO2. The Hall–Kier alpha value is -0.540. The summed E-state index contributed by atoms with van der Waals surface area (Å²) < 4.78 is 7.36. The number of aliphatic hydroxyl groups excluding tert-OH is 1. The second-order valence-electron chi connectivity index (χ2n) is 6.88. The van der Waals surface area contributed by atoms with Crippen molar-refractivity contribution in [3.63, 3.8) is 0 Å². The van der Waals surface area contributed by atoms with Gasteiger partial charge in [0.2, 0.25) is 0 Å². The molecule has 19 heavy (non-hydrogen) atoms. The smallest absolute Gasteiger partial charge is 0.127 e. The quantitative estimate of drug-likeness (QED) is 0.755. The van der Waals surface area contributed by atoms with Crippen LogP contribution in [-0.4, -0.2) is 10.7 Å². The minimum Gasteiger partial charge on any atom is -0.487 e. The second kappa shape index (κ2) is 4.49. The van der Waals surface area contributed by atoms with Crippen LogP contribution in [-0.2, 0) is 0 Å². The largest absolute Gasteiger partial charge is 0.487 e. The molecule has 1 aromatic carbocycles. The van der Waals surface area contributed by atoms with Crippen LogP contribution in [0.25, 0.3) is 0 Å². The van der Waals surface area contributed by atoms with Crippen LogP contribution in [0.1, 0.15) is 57.6 Å². The summed E-state index contributed by atoms with van der Waals surface area (Å²) in [5.41, 5.74) is 1.06. The molecule has 0 aromatic heterocycles. The molecule has 104 valence electrons. The van der Waals surface area contributed by atoms with Gasteiger partial charge in [-0.2, -0.15) is 0 Å². The van der Waals surface area contributed by atoms with Crippen LogP contribution in [0, 0.1) is 5.41 Å². The summed E-state index contributed by atoms with van der Waals surface area (Å²) in [4.78, 5) is 0. The summed E-state index contributed by atoms with van der Waals surface area (Å²) in [6, 6.07) is 5.92. The lowest BCUT2D eigenvalue weighted by atomic mass is 9.67. The van der Waals surface area contributed by atoms with E-state index in [2.05, 4.69) is 29.8 Å². The average molecular weight is 325 g/mol. The van der Waals surface area contributed by atoms with Gasteiger partial charge in [-0.3, -0.25) is 0 Å². The SMILES string of the molecule is CC1(C)CCCC2(C[C@H](O)c3ccc(Br)cc3O2)C1. The Morgan fingerprint density at radius 3 is 2.84 bits per heavy atom. The first-order valence-electron chi connectivity index (χ1n) is 7.06. The maximum atomic E-state index is 10.4. The number of halogens is 1. The monoisotopic (exact) mass is 324 g/mol. The molecule has 1 fully saturated rings. The van der Waals surface area contributed by atoms with Gasteiger partial charge in [0.05, 0.1) is 6.10 Å². The highest BCUT2D eigenvalue weighted by molar-refractivity contribution is 9.10. The molecule has 1 aliphatic heterocycles. The second-order valence-corrected chi connectivity index (χ2v) is 7.80. The van der Waals surface area contributed by atoms with E-state index in [1.54, 1.807) is 0 Å². The molecular weight excluding hydrogens is 304 g/mol. The topological polar surface area (TPSA) is 29.5 Å². The predicted octanol–water partition coefficient (Wildman–Crippen LogP) is 4.60. The normalized spacial score (nSPS) is 32.7. The Labute approximate surface area is 123 Å². The number of hydrogen-bond donors (Lipinski definition) is 1. The molecule has 1 spiro atoms. The molecule has 3 heteroatoms. The molecule has 0 amide bonds. The first-order valence-corrected chi connectivity index (χ1v) is 7.85. The van der Waals surface area contributed by atoms with Gasteiger partial charge in [0.1, 0.15) is 11.4 Å². The van der Waals surface area contributed by atoms with Gasteiger partial charge in [-0.15, -0.1) is 0 Å². The Bertz CT molecular complexity index is 498. The van der Waals surface area contributed by atoms with Crippen molar-refractivity contribution < 1.29 is 9.84 Å². The summed E-state index contributed by atoms with van der Waals surface area (Å²) in [6.45, 7) is 4.61. The highest BCUT2D eigenvalue weighted by atomic mass is 79.9. The fraction of sp³-hybridized carbons (Fsp3) is 0.625. The lowest BCUT2D eigenvalue weighted by Crippen LogP contribution is -2.47. The average Bonchev–Trinajstić information content (AvgIpc) is 2.25. The van der Waals surface area contributed by atoms with Gasteiger partial charge < -0.3 is 9.84 Å². The van der Waals surface area contributed by atoms with Crippen LogP contribution >= 0.6 is 15.9 Å². The fourth-order valence-electron chi connectivity index (χ4n) is 3.81. The minimum absolute atomic E-state index is 0.172. The summed E-state index contributed by atoms with van der Waals surface area (Å²) in [5, 5.41) is 10.4. The van der Waals surface area contributed by atoms with Crippen molar-refractivity contribution in [1.82, 2.24) is 0 Å². The Balaban J connectivity index is 1.95. The number of hydrogen-bond acceptors (Lipinski definition) is 2. The molecule has 2 aliphatic rings. The van der Waals surface area contributed by atoms with E-state index in [0.29, 0.717) is 5.41 Å². The Morgan fingerprint density at radius 2 is 2.11 bits per heavy atom. The molecule has 1 N–H and O–H groups in total. The number of aliphatic hydroxyl groups is 1. The van der Waals surface area contributed by atoms with E-state index >= 15 is 0 Å². The lowest BCUT2D eigenvalue weighted by Gasteiger charge is -2.48. The Kier molecular flexibility index (Phi) is 3.18. The van der Waals surface area contributed by atoms with Crippen LogP contribution in [0.4, 0.5) is 0 Å². The zero-order valence-corrected chi connectivity index (χ0v) is 13.2. The van der Waals surface area contributed by atoms with Gasteiger partial charge in [0.15, 0.2) is 0 Å². The molecule has 0 saturated heterocycles. The molecule has 1 heterocycles. The molecule has 2 nitrogen and oxygen atoms in total. The van der Waals surface area contributed by atoms with Crippen LogP contribution in [0.5, 0.6) is 5.75 Å². The molecule has 1 aliphatic carbocycles. The van der Waals surface area contributed by atoms with Gasteiger partial charge in [-0.1, -0.05) is 35.8 Å². The standard InChI is InChI=1S/C16H21BrO2/c1-15(2)6-3-7-16(10-15)9-13(18)12-5-4-11(17)8-14(12)19-16/h4-5,8,13,18H,3,6-7,9-10H2,1-2H3/t13-,16?/m0/s1. The predicted molar refractivity (Wildman–Crippen MR) is 79.3 cm³/mol. The van der Waals surface area contributed by atoms with E-state index in [9.17, 15) is 5.11 Å². The first-order chi connectivity index (χ1) is 8.89. The van der Waals surface area contributed by atoms with Crippen molar-refractivity contribution in [3.05, 3.63) is 28.2 Å². The molecule has 2 atom stereocenters. The van der Waals surface area contributed by atoms with Gasteiger partial charge in [-0.05, 0) is 43.2 Å². The third-order valence-corrected chi connectivity index (χ3v) is 5.01. The van der Waals surface area contributed by atoms with Gasteiger partial charge >= 0.3 is 0 Å². The maximum absolute atomic E-state index is 10.4. The third-order valence-electron chi connectivity index (χ3n) is 4.51. The summed E-state index contributed by atoms with van der Waals surface area (Å²) in [6.07, 6.45) is 4.85. The number of ether oxygens (including phenoxy) is 1. The van der Waals surface area contributed by atoms with Gasteiger partial charge in [-0.25, -0.2) is 0 Å². The van der Waals surface area contributed by atoms with Crippen molar-refractivity contribution in [2.75, 3.05) is 0 Å². The molecule has 1 saturated carbocycles. The molecule has 0 radical (unpaired) electrons. The molecule has 0 bridgehead atoms. The summed E-state index contributed by atoms with van der Waals surface area (Å²) in [5.74, 6) is 0.853. The number of fused-ring (bicyclic) bond motifs is 1. The summed E-state index contributed by atoms with van der Waals surface area (Å²) in [7, 11) is 0. The minimum atomic E-state index is -0.397. The van der Waals surface area contributed by atoms with Crippen LogP contribution in [0.3, 0.4) is 0 Å². The van der Waals surface area contributed by atoms with E-state index in [4.69, 9.17) is 4.74 Å². The zero-order valence-electron chi connectivity index (χ0n) is 11.6. The highest BCUT2D eigenvalue weighted by Crippen LogP contribution is 2.51. The van der Waals surface area contributed by atoms with E-state index in [0.717, 1.165) is 35.0 Å². The van der Waals surface area contributed by atoms with Crippen LogP contribution in [0.2, 0.25) is 0 Å². The number of benzene rings is 1. The van der Waals surface area contributed by atoms with Crippen LogP contribution < -0.4 is 4.74 Å². The van der Waals surface area contributed by atoms with Crippen molar-refractivity contribution in [1.29, 1.82) is 0 Å². The summed E-state index contributed by atoms with van der Waals surface area (Å²) >= 11 is 3.48. The van der Waals surface area contributed by atoms with Crippen LogP contribution in [0.15, 0.2) is 22.7 Å². The zero-order chi connectivity index (χ0) is 13.7. The van der Waals surface area contributed by atoms with Crippen molar-refractivity contribution >= 4 is 15.9 Å². The lowest BCUT2D eigenvalue weighted by molar-refractivity contribution is -0.0677. The Morgan fingerprint density at radius 1 is 1.32 bits per heavy atom. The third kappa shape index (κ3) is 2.55. The molecule has 3 rings (SSSR count). The fourth-order valence-corrected chi connectivity index (χ4v) is 4.15. The van der Waals surface area contributed by atoms with Gasteiger partial charge in [0, 0.05) is 16.5 Å². The molecule has 1 unspecified atom stereocenters. The van der Waals surface area contributed by atoms with Crippen molar-refractivity contribution in [2.24, 2.45) is 5.41 Å². The maximum Gasteiger partial charge on any atom is 0.127 e. The highest BCUT2D eigenvalue weighted by Gasteiger charge is 2.46. The van der Waals surface area contributed by atoms with E-state index < -0.39 is 6.10 Å².